The molecule has 9 heteroatoms. The Morgan fingerprint density at radius 2 is 2.00 bits per heavy atom. The van der Waals surface area contributed by atoms with Crippen LogP contribution in [0, 0.1) is 0 Å². The molecular formula is C22H38IN7O. The number of nitrogens with zero attached hydrogens (tertiary/aromatic N) is 5. The molecule has 0 amide bonds. The van der Waals surface area contributed by atoms with Crippen molar-refractivity contribution in [3.05, 3.63) is 29.2 Å². The van der Waals surface area contributed by atoms with Gasteiger partial charge in [-0.15, -0.1) is 34.2 Å². The van der Waals surface area contributed by atoms with Gasteiger partial charge in [-0.25, -0.2) is 4.99 Å². The minimum atomic E-state index is 0. The minimum absolute atomic E-state index is 0. The van der Waals surface area contributed by atoms with Gasteiger partial charge in [-0.05, 0) is 39.0 Å². The molecule has 174 valence electrons. The molecule has 0 aliphatic carbocycles. The number of aryl methyl sites for hydroxylation is 2. The molecular weight excluding hydrogens is 505 g/mol. The van der Waals surface area contributed by atoms with Gasteiger partial charge in [-0.2, -0.15) is 0 Å². The van der Waals surface area contributed by atoms with Crippen LogP contribution in [0.15, 0.2) is 15.6 Å². The highest BCUT2D eigenvalue weighted by Crippen LogP contribution is 2.22. The normalized spacial score (nSPS) is 14.1. The summed E-state index contributed by atoms with van der Waals surface area (Å²) >= 11 is 0. The molecule has 0 radical (unpaired) electrons. The van der Waals surface area contributed by atoms with E-state index in [1.165, 1.54) is 19.3 Å². The Labute approximate surface area is 203 Å². The molecule has 8 nitrogen and oxygen atoms in total. The fourth-order valence-corrected chi connectivity index (χ4v) is 3.99. The fourth-order valence-electron chi connectivity index (χ4n) is 3.99. The van der Waals surface area contributed by atoms with Gasteiger partial charge in [0, 0.05) is 44.5 Å². The predicted octanol–water partition coefficient (Wildman–Crippen LogP) is 4.20. The van der Waals surface area contributed by atoms with E-state index in [0.717, 1.165) is 80.8 Å². The second-order valence-corrected chi connectivity index (χ2v) is 7.95. The maximum Gasteiger partial charge on any atom is 0.191 e. The van der Waals surface area contributed by atoms with Crippen LogP contribution in [0.2, 0.25) is 0 Å². The predicted molar refractivity (Wildman–Crippen MR) is 134 cm³/mol. The van der Waals surface area contributed by atoms with Crippen molar-refractivity contribution in [3.8, 4) is 0 Å². The van der Waals surface area contributed by atoms with Crippen LogP contribution in [-0.4, -0.2) is 39.0 Å². The van der Waals surface area contributed by atoms with Crippen LogP contribution >= 0.6 is 24.0 Å². The summed E-state index contributed by atoms with van der Waals surface area (Å²) in [5, 5.41) is 19.8. The topological polar surface area (TPSA) is 93.2 Å². The Balaban J connectivity index is 0.00000341. The maximum absolute atomic E-state index is 5.48. The lowest BCUT2D eigenvalue weighted by atomic mass is 9.99. The third kappa shape index (κ3) is 7.47. The number of nitrogens with one attached hydrogen (secondary N) is 2. The molecule has 2 N–H and O–H groups in total. The van der Waals surface area contributed by atoms with E-state index in [0.29, 0.717) is 12.5 Å². The number of halogens is 1. The van der Waals surface area contributed by atoms with Crippen molar-refractivity contribution in [3.63, 3.8) is 0 Å². The second kappa shape index (κ2) is 13.7. The number of hydrogen-bond acceptors (Lipinski definition) is 5. The monoisotopic (exact) mass is 543 g/mol. The molecule has 0 unspecified atom stereocenters. The quantitative estimate of drug-likeness (QED) is 0.202. The van der Waals surface area contributed by atoms with E-state index in [2.05, 4.69) is 56.3 Å². The summed E-state index contributed by atoms with van der Waals surface area (Å²) in [7, 11) is 0. The van der Waals surface area contributed by atoms with Crippen LogP contribution in [0.25, 0.3) is 0 Å². The van der Waals surface area contributed by atoms with Crippen LogP contribution < -0.4 is 10.6 Å². The van der Waals surface area contributed by atoms with E-state index < -0.39 is 0 Å². The highest BCUT2D eigenvalue weighted by molar-refractivity contribution is 14.0. The van der Waals surface area contributed by atoms with Crippen LogP contribution in [-0.2, 0) is 25.9 Å². The van der Waals surface area contributed by atoms with Gasteiger partial charge < -0.3 is 19.7 Å². The van der Waals surface area contributed by atoms with Crippen LogP contribution in [0.3, 0.4) is 0 Å². The molecule has 3 rings (SSSR count). The summed E-state index contributed by atoms with van der Waals surface area (Å²) in [6.45, 7) is 9.64. The fraction of sp³-hybridized carbons (Fsp3) is 0.727. The molecule has 0 atom stereocenters. The first-order chi connectivity index (χ1) is 14.7. The van der Waals surface area contributed by atoms with Crippen molar-refractivity contribution >= 4 is 29.9 Å². The lowest BCUT2D eigenvalue weighted by molar-refractivity contribution is 0.372. The Morgan fingerprint density at radius 1 is 1.16 bits per heavy atom. The maximum atomic E-state index is 5.48. The first-order valence-corrected chi connectivity index (χ1v) is 11.6. The highest BCUT2D eigenvalue weighted by Gasteiger charge is 2.15. The number of fused-ring (bicyclic) bond motifs is 1. The smallest absolute Gasteiger partial charge is 0.191 e. The van der Waals surface area contributed by atoms with Crippen LogP contribution in [0.1, 0.15) is 88.3 Å². The summed E-state index contributed by atoms with van der Waals surface area (Å²) in [5.41, 5.74) is 1.04. The highest BCUT2D eigenvalue weighted by atomic mass is 127. The van der Waals surface area contributed by atoms with Gasteiger partial charge in [-0.3, -0.25) is 0 Å². The van der Waals surface area contributed by atoms with E-state index in [1.807, 2.05) is 6.07 Å². The van der Waals surface area contributed by atoms with E-state index >= 15 is 0 Å². The molecule has 0 aromatic carbocycles. The third-order valence-electron chi connectivity index (χ3n) is 5.77. The Morgan fingerprint density at radius 3 is 2.77 bits per heavy atom. The number of rotatable bonds is 10. The Hall–Kier alpha value is -1.65. The van der Waals surface area contributed by atoms with Crippen molar-refractivity contribution < 1.29 is 4.52 Å². The molecule has 2 aromatic rings. The zero-order chi connectivity index (χ0) is 21.2. The molecule has 1 aliphatic rings. The van der Waals surface area contributed by atoms with Gasteiger partial charge in [0.2, 0.25) is 0 Å². The standard InChI is InChI=1S/C22H37N7O.HI/c1-4-17(5-2)19-15-18(30-28-19)16-25-22(23-6-3)24-13-10-12-21-27-26-20-11-8-7-9-14-29(20)21;/h15,17H,4-14,16H2,1-3H3,(H2,23,24,25);1H. The van der Waals surface area contributed by atoms with Gasteiger partial charge in [0.1, 0.15) is 18.2 Å². The van der Waals surface area contributed by atoms with Crippen LogP contribution in [0.4, 0.5) is 0 Å². The number of hydrogen-bond donors (Lipinski definition) is 2. The summed E-state index contributed by atoms with van der Waals surface area (Å²) in [6.07, 6.45) is 8.88. The second-order valence-electron chi connectivity index (χ2n) is 7.95. The lowest BCUT2D eigenvalue weighted by Crippen LogP contribution is -2.37. The van der Waals surface area contributed by atoms with Gasteiger partial charge in [0.25, 0.3) is 0 Å². The summed E-state index contributed by atoms with van der Waals surface area (Å²) in [5.74, 6) is 4.35. The van der Waals surface area contributed by atoms with Crippen molar-refractivity contribution in [1.29, 1.82) is 0 Å². The van der Waals surface area contributed by atoms with Crippen LogP contribution in [0.5, 0.6) is 0 Å². The zero-order valence-corrected chi connectivity index (χ0v) is 21.5. The molecule has 0 bridgehead atoms. The van der Waals surface area contributed by atoms with Gasteiger partial charge in [-0.1, -0.05) is 25.4 Å². The zero-order valence-electron chi connectivity index (χ0n) is 19.2. The summed E-state index contributed by atoms with van der Waals surface area (Å²) < 4.78 is 7.81. The first kappa shape index (κ1) is 25.6. The minimum Gasteiger partial charge on any atom is -0.359 e. The molecule has 0 saturated heterocycles. The Bertz CT molecular complexity index is 798. The molecule has 0 fully saturated rings. The van der Waals surface area contributed by atoms with Gasteiger partial charge in [0.15, 0.2) is 11.7 Å². The largest absolute Gasteiger partial charge is 0.359 e. The molecule has 2 aromatic heterocycles. The molecule has 0 spiro atoms. The molecule has 0 saturated carbocycles. The first-order valence-electron chi connectivity index (χ1n) is 11.6. The van der Waals surface area contributed by atoms with E-state index in [4.69, 9.17) is 4.52 Å². The van der Waals surface area contributed by atoms with Gasteiger partial charge in [0.05, 0.1) is 5.69 Å². The molecule has 1 aliphatic heterocycles. The SMILES string of the molecule is CCNC(=NCc1cc(C(CC)CC)no1)NCCCc1nnc2n1CCCCC2.I. The van der Waals surface area contributed by atoms with Crippen molar-refractivity contribution in [1.82, 2.24) is 30.6 Å². The Kier molecular flexibility index (Phi) is 11.3. The van der Waals surface area contributed by atoms with Crippen molar-refractivity contribution in [2.24, 2.45) is 4.99 Å². The molecule has 31 heavy (non-hydrogen) atoms. The van der Waals surface area contributed by atoms with Crippen molar-refractivity contribution in [2.45, 2.75) is 91.1 Å². The summed E-state index contributed by atoms with van der Waals surface area (Å²) in [4.78, 5) is 4.65. The average Bonchev–Trinajstić information content (AvgIpc) is 3.30. The lowest BCUT2D eigenvalue weighted by Gasteiger charge is -2.11. The number of guanidine groups is 1. The number of aromatic nitrogens is 4. The van der Waals surface area contributed by atoms with Crippen molar-refractivity contribution in [2.75, 3.05) is 13.1 Å². The summed E-state index contributed by atoms with van der Waals surface area (Å²) in [6, 6.07) is 2.04. The third-order valence-corrected chi connectivity index (χ3v) is 5.77. The average molecular weight is 543 g/mol. The number of aliphatic imine (C=N–C) groups is 1. The van der Waals surface area contributed by atoms with E-state index in [1.54, 1.807) is 0 Å². The molecule has 3 heterocycles. The van der Waals surface area contributed by atoms with E-state index in [-0.39, 0.29) is 24.0 Å². The van der Waals surface area contributed by atoms with E-state index in [9.17, 15) is 0 Å². The van der Waals surface area contributed by atoms with Gasteiger partial charge >= 0.3 is 0 Å².